The summed E-state index contributed by atoms with van der Waals surface area (Å²) in [5, 5.41) is 0.888. The lowest BCUT2D eigenvalue weighted by Gasteiger charge is -2.23. The number of esters is 1. The lowest BCUT2D eigenvalue weighted by Crippen LogP contribution is -2.34. The first-order chi connectivity index (χ1) is 21.2. The molecule has 0 N–H and O–H groups in total. The average Bonchev–Trinajstić information content (AvgIpc) is 3.44. The Balaban J connectivity index is 0.000000765. The van der Waals surface area contributed by atoms with Crippen LogP contribution in [-0.2, 0) is 22.4 Å². The maximum atomic E-state index is 13.0. The summed E-state index contributed by atoms with van der Waals surface area (Å²) in [4.78, 5) is 24.0. The SMILES string of the molecule is CC.CC.CC.CCCCc1oc2ccccc2c1C(=O)c1ccc(OC)cc1.COC(=O)Cc1ccc([N+](C)(C)C)cc1. The topological polar surface area (TPSA) is 65.7 Å². The van der Waals surface area contributed by atoms with E-state index in [0.29, 0.717) is 17.5 Å². The number of para-hydroxylation sites is 1. The summed E-state index contributed by atoms with van der Waals surface area (Å²) in [6.07, 6.45) is 3.19. The number of rotatable bonds is 9. The summed E-state index contributed by atoms with van der Waals surface area (Å²) < 4.78 is 16.5. The van der Waals surface area contributed by atoms with E-state index in [1.165, 1.54) is 12.8 Å². The highest BCUT2D eigenvalue weighted by Crippen LogP contribution is 2.29. The Morgan fingerprint density at radius 3 is 1.84 bits per heavy atom. The Morgan fingerprint density at radius 1 is 0.773 bits per heavy atom. The highest BCUT2D eigenvalue weighted by molar-refractivity contribution is 6.16. The zero-order valence-corrected chi connectivity index (χ0v) is 29.2. The van der Waals surface area contributed by atoms with E-state index in [9.17, 15) is 9.59 Å². The molecule has 4 rings (SSSR count). The van der Waals surface area contributed by atoms with Crippen molar-refractivity contribution in [2.75, 3.05) is 35.4 Å². The predicted octanol–water partition coefficient (Wildman–Crippen LogP) is 9.69. The van der Waals surface area contributed by atoms with Gasteiger partial charge in [0.2, 0.25) is 0 Å². The maximum Gasteiger partial charge on any atom is 0.309 e. The van der Waals surface area contributed by atoms with Crippen molar-refractivity contribution >= 4 is 28.4 Å². The molecule has 0 radical (unpaired) electrons. The normalized spacial score (nSPS) is 9.91. The Kier molecular flexibility index (Phi) is 19.8. The van der Waals surface area contributed by atoms with E-state index in [4.69, 9.17) is 9.15 Å². The van der Waals surface area contributed by atoms with Gasteiger partial charge in [-0.3, -0.25) is 14.1 Å². The number of carbonyl (C=O) groups is 2. The second-order valence-electron chi connectivity index (χ2n) is 9.99. The number of methoxy groups -OCH3 is 2. The lowest BCUT2D eigenvalue weighted by atomic mass is 9.98. The second kappa shape index (κ2) is 21.7. The quantitative estimate of drug-likeness (QED) is 0.108. The van der Waals surface area contributed by atoms with Crippen molar-refractivity contribution in [1.82, 2.24) is 4.48 Å². The van der Waals surface area contributed by atoms with Gasteiger partial charge in [-0.1, -0.05) is 85.2 Å². The number of hydrogen-bond donors (Lipinski definition) is 0. The first kappa shape index (κ1) is 40.1. The van der Waals surface area contributed by atoms with Crippen molar-refractivity contribution in [3.8, 4) is 5.75 Å². The highest BCUT2D eigenvalue weighted by atomic mass is 16.5. The molecule has 0 aliphatic rings. The lowest BCUT2D eigenvalue weighted by molar-refractivity contribution is -0.139. The average molecular weight is 607 g/mol. The predicted molar refractivity (Wildman–Crippen MR) is 187 cm³/mol. The van der Waals surface area contributed by atoms with Crippen LogP contribution >= 0.6 is 0 Å². The summed E-state index contributed by atoms with van der Waals surface area (Å²) in [6, 6.07) is 23.0. The molecule has 1 aromatic heterocycles. The zero-order chi connectivity index (χ0) is 33.7. The van der Waals surface area contributed by atoms with Gasteiger partial charge in [-0.15, -0.1) is 0 Å². The van der Waals surface area contributed by atoms with Gasteiger partial charge in [-0.25, -0.2) is 0 Å². The van der Waals surface area contributed by atoms with E-state index in [2.05, 4.69) is 32.8 Å². The van der Waals surface area contributed by atoms with E-state index in [0.717, 1.165) is 51.8 Å². The van der Waals surface area contributed by atoms with Crippen LogP contribution in [0.2, 0.25) is 0 Å². The molecule has 0 aliphatic carbocycles. The van der Waals surface area contributed by atoms with Crippen LogP contribution in [0.5, 0.6) is 5.75 Å². The molecule has 242 valence electrons. The summed E-state index contributed by atoms with van der Waals surface area (Å²) >= 11 is 0. The van der Waals surface area contributed by atoms with Gasteiger partial charge in [0.15, 0.2) is 5.78 Å². The molecule has 0 amide bonds. The van der Waals surface area contributed by atoms with Crippen molar-refractivity contribution in [2.45, 2.75) is 74.1 Å². The van der Waals surface area contributed by atoms with Gasteiger partial charge in [-0.05, 0) is 54.4 Å². The molecule has 0 spiro atoms. The Hall–Kier alpha value is -3.90. The second-order valence-corrected chi connectivity index (χ2v) is 9.99. The monoisotopic (exact) mass is 606 g/mol. The van der Waals surface area contributed by atoms with Gasteiger partial charge in [0.25, 0.3) is 0 Å². The number of quaternary nitrogens is 1. The number of unbranched alkanes of at least 4 members (excludes halogenated alkanes) is 1. The third kappa shape index (κ3) is 12.4. The van der Waals surface area contributed by atoms with Crippen molar-refractivity contribution < 1.29 is 23.5 Å². The van der Waals surface area contributed by atoms with Gasteiger partial charge >= 0.3 is 5.97 Å². The molecule has 0 bridgehead atoms. The molecule has 0 aliphatic heterocycles. The van der Waals surface area contributed by atoms with Crippen molar-refractivity contribution in [2.24, 2.45) is 0 Å². The van der Waals surface area contributed by atoms with E-state index >= 15 is 0 Å². The minimum atomic E-state index is -0.201. The summed E-state index contributed by atoms with van der Waals surface area (Å²) in [5.41, 5.74) is 4.31. The van der Waals surface area contributed by atoms with Crippen LogP contribution in [-0.4, -0.2) is 47.1 Å². The number of ketones is 1. The zero-order valence-electron chi connectivity index (χ0n) is 29.2. The molecule has 0 atom stereocenters. The molecule has 4 aromatic rings. The van der Waals surface area contributed by atoms with Gasteiger partial charge < -0.3 is 13.9 Å². The first-order valence-electron chi connectivity index (χ1n) is 15.8. The van der Waals surface area contributed by atoms with Gasteiger partial charge in [0, 0.05) is 17.4 Å². The number of fused-ring (bicyclic) bond motifs is 1. The molecule has 0 saturated carbocycles. The fourth-order valence-electron chi connectivity index (χ4n) is 4.05. The number of furan rings is 1. The molecule has 0 unspecified atom stereocenters. The molecule has 0 saturated heterocycles. The molecule has 0 fully saturated rings. The maximum absolute atomic E-state index is 13.0. The van der Waals surface area contributed by atoms with E-state index in [-0.39, 0.29) is 11.8 Å². The van der Waals surface area contributed by atoms with E-state index < -0.39 is 0 Å². The minimum Gasteiger partial charge on any atom is -0.497 e. The molecule has 6 heteroatoms. The third-order valence-electron chi connectivity index (χ3n) is 6.29. The third-order valence-corrected chi connectivity index (χ3v) is 6.29. The van der Waals surface area contributed by atoms with Gasteiger partial charge in [-0.2, -0.15) is 0 Å². The van der Waals surface area contributed by atoms with Gasteiger partial charge in [0.05, 0.1) is 47.3 Å². The molecule has 44 heavy (non-hydrogen) atoms. The van der Waals surface area contributed by atoms with Crippen LogP contribution < -0.4 is 9.22 Å². The Bertz CT molecular complexity index is 1350. The highest BCUT2D eigenvalue weighted by Gasteiger charge is 2.21. The van der Waals surface area contributed by atoms with Crippen LogP contribution in [0.3, 0.4) is 0 Å². The van der Waals surface area contributed by atoms with Gasteiger partial charge in [0.1, 0.15) is 22.8 Å². The molecular weight excluding hydrogens is 550 g/mol. The number of benzene rings is 3. The van der Waals surface area contributed by atoms with Crippen LogP contribution in [0, 0.1) is 0 Å². The Morgan fingerprint density at radius 2 is 1.34 bits per heavy atom. The molecule has 1 heterocycles. The minimum absolute atomic E-state index is 0.00343. The van der Waals surface area contributed by atoms with Crippen molar-refractivity contribution in [3.05, 3.63) is 95.2 Å². The largest absolute Gasteiger partial charge is 0.497 e. The first-order valence-corrected chi connectivity index (χ1v) is 15.8. The van der Waals surface area contributed by atoms with Crippen molar-refractivity contribution in [1.29, 1.82) is 0 Å². The van der Waals surface area contributed by atoms with Crippen LogP contribution in [0.1, 0.15) is 88.6 Å². The van der Waals surface area contributed by atoms with Crippen molar-refractivity contribution in [3.63, 3.8) is 0 Å². The number of carbonyl (C=O) groups excluding carboxylic acids is 2. The van der Waals surface area contributed by atoms with E-state index in [1.54, 1.807) is 31.4 Å². The summed E-state index contributed by atoms with van der Waals surface area (Å²) in [7, 11) is 9.34. The number of ether oxygens (including phenoxy) is 2. The number of aryl methyl sites for hydroxylation is 1. The smallest absolute Gasteiger partial charge is 0.309 e. The standard InChI is InChI=1S/C20H20O3.C12H18NO2.3C2H6/c1-3-4-8-18-19(16-7-5-6-9-17(16)23-18)20(21)14-10-12-15(22-2)13-11-14;1-13(2,3)11-7-5-10(6-8-11)9-12(14)15-4;3*1-2/h5-7,9-13H,3-4,8H2,1-2H3;5-8H,9H2,1-4H3;3*1-2H3/q;+1;;;. The summed E-state index contributed by atoms with van der Waals surface area (Å²) in [5.74, 6) is 1.33. The Labute approximate surface area is 266 Å². The number of nitrogens with zero attached hydrogens (tertiary/aromatic N) is 1. The van der Waals surface area contributed by atoms with Crippen LogP contribution in [0.15, 0.2) is 77.2 Å². The van der Waals surface area contributed by atoms with E-state index in [1.807, 2.05) is 90.1 Å². The molecule has 3 aromatic carbocycles. The fourth-order valence-corrected chi connectivity index (χ4v) is 4.05. The fraction of sp³-hybridized carbons (Fsp3) is 0.421. The van der Waals surface area contributed by atoms with Crippen LogP contribution in [0.25, 0.3) is 11.0 Å². The summed E-state index contributed by atoms with van der Waals surface area (Å²) in [6.45, 7) is 14.1. The molecular formula is C38H56NO5+. The molecule has 6 nitrogen and oxygen atoms in total. The number of hydrogen-bond acceptors (Lipinski definition) is 5. The van der Waals surface area contributed by atoms with Crippen LogP contribution in [0.4, 0.5) is 5.69 Å².